The number of halogens is 2. The van der Waals surface area contributed by atoms with Gasteiger partial charge in [0, 0.05) is 10.6 Å². The highest BCUT2D eigenvalue weighted by atomic mass is 79.9. The van der Waals surface area contributed by atoms with Gasteiger partial charge in [0.05, 0.1) is 11.6 Å². The SMILES string of the molecule is COC(=O)/C(NC=O)=C(/Br)c1ccccc1Cl. The molecule has 0 atom stereocenters. The molecule has 1 amide bonds. The van der Waals surface area contributed by atoms with Crippen molar-refractivity contribution in [3.05, 3.63) is 40.5 Å². The number of rotatable bonds is 4. The summed E-state index contributed by atoms with van der Waals surface area (Å²) in [6, 6.07) is 6.91. The summed E-state index contributed by atoms with van der Waals surface area (Å²) in [6.45, 7) is 0. The molecule has 0 aliphatic heterocycles. The lowest BCUT2D eigenvalue weighted by molar-refractivity contribution is -0.137. The van der Waals surface area contributed by atoms with Crippen LogP contribution in [0.15, 0.2) is 30.0 Å². The first kappa shape index (κ1) is 13.7. The minimum absolute atomic E-state index is 0.00407. The number of carbonyl (C=O) groups excluding carboxylic acids is 2. The maximum atomic E-state index is 11.5. The Morgan fingerprint density at radius 3 is 2.65 bits per heavy atom. The van der Waals surface area contributed by atoms with E-state index in [0.717, 1.165) is 0 Å². The number of hydrogen-bond acceptors (Lipinski definition) is 3. The van der Waals surface area contributed by atoms with Crippen molar-refractivity contribution in [3.8, 4) is 0 Å². The van der Waals surface area contributed by atoms with Crippen molar-refractivity contribution >= 4 is 44.4 Å². The van der Waals surface area contributed by atoms with Gasteiger partial charge >= 0.3 is 5.97 Å². The zero-order valence-electron chi connectivity index (χ0n) is 8.87. The molecule has 0 heterocycles. The molecule has 0 aromatic heterocycles. The van der Waals surface area contributed by atoms with Crippen molar-refractivity contribution in [1.82, 2.24) is 5.32 Å². The smallest absolute Gasteiger partial charge is 0.355 e. The Morgan fingerprint density at radius 2 is 2.12 bits per heavy atom. The molecule has 90 valence electrons. The predicted molar refractivity (Wildman–Crippen MR) is 68.5 cm³/mol. The number of nitrogens with one attached hydrogen (secondary N) is 1. The molecule has 0 bridgehead atoms. The van der Waals surface area contributed by atoms with Crippen molar-refractivity contribution in [1.29, 1.82) is 0 Å². The number of hydrogen-bond donors (Lipinski definition) is 1. The topological polar surface area (TPSA) is 55.4 Å². The van der Waals surface area contributed by atoms with E-state index in [1.165, 1.54) is 7.11 Å². The van der Waals surface area contributed by atoms with Gasteiger partial charge in [-0.15, -0.1) is 0 Å². The van der Waals surface area contributed by atoms with E-state index >= 15 is 0 Å². The summed E-state index contributed by atoms with van der Waals surface area (Å²) in [5, 5.41) is 2.73. The van der Waals surface area contributed by atoms with Gasteiger partial charge in [0.2, 0.25) is 6.41 Å². The summed E-state index contributed by atoms with van der Waals surface area (Å²) < 4.78 is 4.92. The number of esters is 1. The first-order valence-corrected chi connectivity index (χ1v) is 5.72. The molecule has 0 aliphatic rings. The van der Waals surface area contributed by atoms with Crippen LogP contribution < -0.4 is 5.32 Å². The van der Waals surface area contributed by atoms with E-state index in [-0.39, 0.29) is 5.70 Å². The summed E-state index contributed by atoms with van der Waals surface area (Å²) in [5.74, 6) is -0.663. The third kappa shape index (κ3) is 3.31. The second-order valence-corrected chi connectivity index (χ2v) is 4.12. The van der Waals surface area contributed by atoms with E-state index in [1.807, 2.05) is 0 Å². The quantitative estimate of drug-likeness (QED) is 0.526. The normalized spacial score (nSPS) is 11.5. The molecule has 0 radical (unpaired) electrons. The highest BCUT2D eigenvalue weighted by Gasteiger charge is 2.16. The molecule has 1 aromatic carbocycles. The second kappa shape index (κ2) is 6.42. The summed E-state index contributed by atoms with van der Waals surface area (Å²) >= 11 is 9.20. The van der Waals surface area contributed by atoms with Gasteiger partial charge < -0.3 is 10.1 Å². The molecule has 0 saturated carbocycles. The van der Waals surface area contributed by atoms with Gasteiger partial charge in [-0.2, -0.15) is 0 Å². The van der Waals surface area contributed by atoms with Crippen molar-refractivity contribution in [2.75, 3.05) is 7.11 Å². The molecule has 1 rings (SSSR count). The summed E-state index contributed by atoms with van der Waals surface area (Å²) in [5.41, 5.74) is 0.583. The van der Waals surface area contributed by atoms with Crippen LogP contribution >= 0.6 is 27.5 Å². The number of ether oxygens (including phenoxy) is 1. The number of amides is 1. The monoisotopic (exact) mass is 317 g/mol. The second-order valence-electron chi connectivity index (χ2n) is 2.92. The van der Waals surface area contributed by atoms with Crippen LogP contribution in [0.2, 0.25) is 5.02 Å². The zero-order valence-corrected chi connectivity index (χ0v) is 11.2. The van der Waals surface area contributed by atoms with Gasteiger partial charge in [-0.25, -0.2) is 4.79 Å². The number of benzene rings is 1. The molecule has 17 heavy (non-hydrogen) atoms. The van der Waals surface area contributed by atoms with Crippen LogP contribution in [0.1, 0.15) is 5.56 Å². The van der Waals surface area contributed by atoms with Gasteiger partial charge in [-0.05, 0) is 22.0 Å². The lowest BCUT2D eigenvalue weighted by atomic mass is 10.2. The average molecular weight is 319 g/mol. The van der Waals surface area contributed by atoms with Crippen molar-refractivity contribution in [2.24, 2.45) is 0 Å². The third-order valence-electron chi connectivity index (χ3n) is 1.92. The lowest BCUT2D eigenvalue weighted by Crippen LogP contribution is -2.21. The Bertz CT molecular complexity index is 474. The van der Waals surface area contributed by atoms with Gasteiger partial charge in [-0.3, -0.25) is 4.79 Å². The van der Waals surface area contributed by atoms with E-state index in [1.54, 1.807) is 24.3 Å². The predicted octanol–water partition coefficient (Wildman–Crippen LogP) is 2.32. The maximum absolute atomic E-state index is 11.5. The lowest BCUT2D eigenvalue weighted by Gasteiger charge is -2.09. The molecule has 1 N–H and O–H groups in total. The van der Waals surface area contributed by atoms with Crippen LogP contribution in [-0.4, -0.2) is 19.5 Å². The first-order chi connectivity index (χ1) is 8.11. The van der Waals surface area contributed by atoms with Gasteiger partial charge in [0.15, 0.2) is 0 Å². The summed E-state index contributed by atoms with van der Waals surface area (Å²) in [6.07, 6.45) is 0.393. The highest BCUT2D eigenvalue weighted by Crippen LogP contribution is 2.30. The van der Waals surface area contributed by atoms with Crippen LogP contribution in [0, 0.1) is 0 Å². The van der Waals surface area contributed by atoms with Crippen LogP contribution in [0.25, 0.3) is 4.48 Å². The third-order valence-corrected chi connectivity index (χ3v) is 3.08. The first-order valence-electron chi connectivity index (χ1n) is 4.55. The Morgan fingerprint density at radius 1 is 1.47 bits per heavy atom. The zero-order chi connectivity index (χ0) is 12.8. The Labute approximate surface area is 112 Å². The van der Waals surface area contributed by atoms with Crippen molar-refractivity contribution < 1.29 is 14.3 Å². The van der Waals surface area contributed by atoms with Crippen LogP contribution in [0.5, 0.6) is 0 Å². The number of methoxy groups -OCH3 is 1. The number of carbonyl (C=O) groups is 2. The van der Waals surface area contributed by atoms with Crippen LogP contribution in [0.3, 0.4) is 0 Å². The fourth-order valence-corrected chi connectivity index (χ4v) is 2.11. The van der Waals surface area contributed by atoms with Gasteiger partial charge in [0.1, 0.15) is 5.70 Å². The molecule has 0 saturated heterocycles. The Kier molecular flexibility index (Phi) is 5.18. The van der Waals surface area contributed by atoms with E-state index in [9.17, 15) is 9.59 Å². The Balaban J connectivity index is 3.28. The molecular weight excluding hydrogens is 309 g/mol. The average Bonchev–Trinajstić information content (AvgIpc) is 2.35. The molecule has 0 unspecified atom stereocenters. The standard InChI is InChI=1S/C11H9BrClNO3/c1-17-11(16)10(14-6-15)9(12)7-4-2-3-5-8(7)13/h2-6H,1H3,(H,14,15)/b10-9-. The van der Waals surface area contributed by atoms with Gasteiger partial charge in [0.25, 0.3) is 0 Å². The molecular formula is C11H9BrClNO3. The molecule has 0 fully saturated rings. The maximum Gasteiger partial charge on any atom is 0.355 e. The fraction of sp³-hybridized carbons (Fsp3) is 0.0909. The molecule has 4 nitrogen and oxygen atoms in total. The largest absolute Gasteiger partial charge is 0.464 e. The Hall–Kier alpha value is -1.33. The molecule has 0 spiro atoms. The highest BCUT2D eigenvalue weighted by molar-refractivity contribution is 9.15. The minimum atomic E-state index is -0.663. The van der Waals surface area contributed by atoms with E-state index in [4.69, 9.17) is 11.6 Å². The summed E-state index contributed by atoms with van der Waals surface area (Å²) in [7, 11) is 1.22. The van der Waals surface area contributed by atoms with E-state index < -0.39 is 5.97 Å². The van der Waals surface area contributed by atoms with Crippen LogP contribution in [0.4, 0.5) is 0 Å². The van der Waals surface area contributed by atoms with E-state index in [0.29, 0.717) is 21.5 Å². The molecule has 6 heteroatoms. The molecule has 1 aromatic rings. The summed E-state index contributed by atoms with van der Waals surface area (Å²) in [4.78, 5) is 21.9. The van der Waals surface area contributed by atoms with Crippen molar-refractivity contribution in [3.63, 3.8) is 0 Å². The van der Waals surface area contributed by atoms with E-state index in [2.05, 4.69) is 26.0 Å². The van der Waals surface area contributed by atoms with Crippen LogP contribution in [-0.2, 0) is 14.3 Å². The minimum Gasteiger partial charge on any atom is -0.464 e. The fourth-order valence-electron chi connectivity index (χ4n) is 1.15. The van der Waals surface area contributed by atoms with Gasteiger partial charge in [-0.1, -0.05) is 29.8 Å². The van der Waals surface area contributed by atoms with Crippen molar-refractivity contribution in [2.45, 2.75) is 0 Å². The molecule has 0 aliphatic carbocycles.